The van der Waals surface area contributed by atoms with Crippen LogP contribution in [0.4, 0.5) is 11.4 Å². The Hall–Kier alpha value is -0.740. The van der Waals surface area contributed by atoms with Crippen LogP contribution >= 0.6 is 15.9 Å². The Balaban J connectivity index is 2.28. The molecule has 2 rings (SSSR count). The van der Waals surface area contributed by atoms with Gasteiger partial charge >= 0.3 is 0 Å². The standard InChI is InChI=1S/C12H17BrN2O/c1-8-5-12(10(13)6-11(8)14)15(2)9-3-4-16-7-9/h5-6,9H,3-4,7,14H2,1-2H3. The van der Waals surface area contributed by atoms with Gasteiger partial charge in [0, 0.05) is 23.8 Å². The van der Waals surface area contributed by atoms with Crippen molar-refractivity contribution in [1.82, 2.24) is 0 Å². The highest BCUT2D eigenvalue weighted by atomic mass is 79.9. The molecule has 88 valence electrons. The first-order chi connectivity index (χ1) is 7.59. The molecule has 1 aliphatic rings. The van der Waals surface area contributed by atoms with E-state index in [1.165, 1.54) is 5.69 Å². The van der Waals surface area contributed by atoms with Crippen molar-refractivity contribution in [3.05, 3.63) is 22.2 Å². The van der Waals surface area contributed by atoms with Crippen molar-refractivity contribution in [1.29, 1.82) is 0 Å². The highest BCUT2D eigenvalue weighted by Gasteiger charge is 2.22. The summed E-state index contributed by atoms with van der Waals surface area (Å²) in [5.41, 5.74) is 8.99. The molecule has 0 radical (unpaired) electrons. The molecule has 0 bridgehead atoms. The molecule has 0 saturated carbocycles. The molecular weight excluding hydrogens is 268 g/mol. The van der Waals surface area contributed by atoms with Gasteiger partial charge in [0.25, 0.3) is 0 Å². The molecule has 0 aromatic heterocycles. The average Bonchev–Trinajstić information content (AvgIpc) is 2.75. The number of anilines is 2. The zero-order valence-corrected chi connectivity index (χ0v) is 11.3. The van der Waals surface area contributed by atoms with E-state index in [1.807, 2.05) is 13.0 Å². The number of ether oxygens (including phenoxy) is 1. The fourth-order valence-corrected chi connectivity index (χ4v) is 2.62. The molecule has 0 amide bonds. The van der Waals surface area contributed by atoms with Crippen LogP contribution in [0.5, 0.6) is 0 Å². The molecule has 1 aromatic rings. The van der Waals surface area contributed by atoms with Crippen molar-refractivity contribution >= 4 is 27.3 Å². The number of nitrogen functional groups attached to an aromatic ring is 1. The van der Waals surface area contributed by atoms with E-state index in [9.17, 15) is 0 Å². The number of nitrogens with two attached hydrogens (primary N) is 1. The second-order valence-electron chi connectivity index (χ2n) is 4.29. The van der Waals surface area contributed by atoms with Gasteiger partial charge in [-0.1, -0.05) is 0 Å². The Labute approximate surface area is 105 Å². The maximum absolute atomic E-state index is 5.87. The Morgan fingerprint density at radius 1 is 1.50 bits per heavy atom. The number of benzene rings is 1. The van der Waals surface area contributed by atoms with Gasteiger partial charge < -0.3 is 15.4 Å². The summed E-state index contributed by atoms with van der Waals surface area (Å²) >= 11 is 3.57. The van der Waals surface area contributed by atoms with Gasteiger partial charge in [0.1, 0.15) is 0 Å². The Kier molecular flexibility index (Phi) is 3.40. The summed E-state index contributed by atoms with van der Waals surface area (Å²) in [6.45, 7) is 3.71. The highest BCUT2D eigenvalue weighted by molar-refractivity contribution is 9.10. The molecule has 1 saturated heterocycles. The predicted octanol–water partition coefficient (Wildman–Crippen LogP) is 2.56. The van der Waals surface area contributed by atoms with Crippen molar-refractivity contribution in [2.45, 2.75) is 19.4 Å². The van der Waals surface area contributed by atoms with Crippen molar-refractivity contribution in [3.63, 3.8) is 0 Å². The van der Waals surface area contributed by atoms with Crippen LogP contribution < -0.4 is 10.6 Å². The Morgan fingerprint density at radius 3 is 2.88 bits per heavy atom. The third-order valence-corrected chi connectivity index (χ3v) is 3.80. The summed E-state index contributed by atoms with van der Waals surface area (Å²) < 4.78 is 6.46. The molecule has 1 aromatic carbocycles. The molecule has 3 nitrogen and oxygen atoms in total. The third-order valence-electron chi connectivity index (χ3n) is 3.17. The van der Waals surface area contributed by atoms with Gasteiger partial charge in [0.2, 0.25) is 0 Å². The highest BCUT2D eigenvalue weighted by Crippen LogP contribution is 2.32. The zero-order chi connectivity index (χ0) is 11.7. The maximum atomic E-state index is 5.87. The lowest BCUT2D eigenvalue weighted by atomic mass is 10.1. The number of hydrogen-bond donors (Lipinski definition) is 1. The molecule has 16 heavy (non-hydrogen) atoms. The zero-order valence-electron chi connectivity index (χ0n) is 9.66. The van der Waals surface area contributed by atoms with E-state index in [2.05, 4.69) is 33.9 Å². The van der Waals surface area contributed by atoms with E-state index in [4.69, 9.17) is 10.5 Å². The normalized spacial score (nSPS) is 20.1. The monoisotopic (exact) mass is 284 g/mol. The molecule has 0 spiro atoms. The number of halogens is 1. The molecular formula is C12H17BrN2O. The minimum absolute atomic E-state index is 0.472. The van der Waals surface area contributed by atoms with Crippen LogP contribution in [0, 0.1) is 6.92 Å². The molecule has 1 fully saturated rings. The summed E-state index contributed by atoms with van der Waals surface area (Å²) in [5, 5.41) is 0. The average molecular weight is 285 g/mol. The lowest BCUT2D eigenvalue weighted by Crippen LogP contribution is -2.32. The van der Waals surface area contributed by atoms with E-state index in [-0.39, 0.29) is 0 Å². The van der Waals surface area contributed by atoms with Gasteiger partial charge in [-0.25, -0.2) is 0 Å². The van der Waals surface area contributed by atoms with Crippen LogP contribution in [-0.2, 0) is 4.74 Å². The third kappa shape index (κ3) is 2.18. The van der Waals surface area contributed by atoms with Gasteiger partial charge in [-0.15, -0.1) is 0 Å². The Morgan fingerprint density at radius 2 is 2.25 bits per heavy atom. The fraction of sp³-hybridized carbons (Fsp3) is 0.500. The van der Waals surface area contributed by atoms with Crippen LogP contribution in [0.2, 0.25) is 0 Å². The lowest BCUT2D eigenvalue weighted by molar-refractivity contribution is 0.193. The first-order valence-corrected chi connectivity index (χ1v) is 6.25. The van der Waals surface area contributed by atoms with Gasteiger partial charge in [-0.2, -0.15) is 0 Å². The topological polar surface area (TPSA) is 38.5 Å². The second-order valence-corrected chi connectivity index (χ2v) is 5.14. The summed E-state index contributed by atoms with van der Waals surface area (Å²) in [4.78, 5) is 2.27. The number of hydrogen-bond acceptors (Lipinski definition) is 3. The van der Waals surface area contributed by atoms with E-state index in [1.54, 1.807) is 0 Å². The second kappa shape index (κ2) is 4.63. The summed E-state index contributed by atoms with van der Waals surface area (Å²) in [6, 6.07) is 4.56. The van der Waals surface area contributed by atoms with Gasteiger partial charge in [0.15, 0.2) is 0 Å². The molecule has 1 aliphatic heterocycles. The van der Waals surface area contributed by atoms with Crippen LogP contribution in [0.25, 0.3) is 0 Å². The first kappa shape index (κ1) is 11.7. The largest absolute Gasteiger partial charge is 0.398 e. The minimum atomic E-state index is 0.472. The summed E-state index contributed by atoms with van der Waals surface area (Å²) in [6.07, 6.45) is 1.09. The quantitative estimate of drug-likeness (QED) is 0.849. The number of nitrogens with zero attached hydrogens (tertiary/aromatic N) is 1. The van der Waals surface area contributed by atoms with Crippen LogP contribution in [0.1, 0.15) is 12.0 Å². The van der Waals surface area contributed by atoms with E-state index in [0.29, 0.717) is 6.04 Å². The van der Waals surface area contributed by atoms with E-state index in [0.717, 1.165) is 35.4 Å². The lowest BCUT2D eigenvalue weighted by Gasteiger charge is -2.27. The SMILES string of the molecule is Cc1cc(N(C)C2CCOC2)c(Br)cc1N. The number of rotatable bonds is 2. The fourth-order valence-electron chi connectivity index (χ4n) is 1.98. The van der Waals surface area contributed by atoms with Crippen molar-refractivity contribution in [2.75, 3.05) is 30.9 Å². The minimum Gasteiger partial charge on any atom is -0.398 e. The molecule has 1 unspecified atom stereocenters. The van der Waals surface area contributed by atoms with Crippen LogP contribution in [-0.4, -0.2) is 26.3 Å². The van der Waals surface area contributed by atoms with Gasteiger partial charge in [-0.05, 0) is 47.0 Å². The molecule has 0 aliphatic carbocycles. The molecule has 1 atom stereocenters. The van der Waals surface area contributed by atoms with Crippen molar-refractivity contribution in [3.8, 4) is 0 Å². The predicted molar refractivity (Wildman–Crippen MR) is 70.9 cm³/mol. The van der Waals surface area contributed by atoms with E-state index >= 15 is 0 Å². The van der Waals surface area contributed by atoms with Gasteiger partial charge in [-0.3, -0.25) is 0 Å². The van der Waals surface area contributed by atoms with Crippen molar-refractivity contribution in [2.24, 2.45) is 0 Å². The van der Waals surface area contributed by atoms with Crippen LogP contribution in [0.3, 0.4) is 0 Å². The maximum Gasteiger partial charge on any atom is 0.0670 e. The van der Waals surface area contributed by atoms with Crippen LogP contribution in [0.15, 0.2) is 16.6 Å². The van der Waals surface area contributed by atoms with Gasteiger partial charge in [0.05, 0.1) is 18.3 Å². The summed E-state index contributed by atoms with van der Waals surface area (Å²) in [5.74, 6) is 0. The first-order valence-electron chi connectivity index (χ1n) is 5.46. The molecule has 1 heterocycles. The van der Waals surface area contributed by atoms with Crippen molar-refractivity contribution < 1.29 is 4.74 Å². The van der Waals surface area contributed by atoms with E-state index < -0.39 is 0 Å². The number of aryl methyl sites for hydroxylation is 1. The molecule has 4 heteroatoms. The smallest absolute Gasteiger partial charge is 0.0670 e. The Bertz CT molecular complexity index is 389. The molecule has 2 N–H and O–H groups in total. The summed E-state index contributed by atoms with van der Waals surface area (Å²) in [7, 11) is 2.11. The number of likely N-dealkylation sites (N-methyl/N-ethyl adjacent to an activating group) is 1.